The van der Waals surface area contributed by atoms with Crippen LogP contribution in [0.5, 0.6) is 5.75 Å². The summed E-state index contributed by atoms with van der Waals surface area (Å²) in [7, 11) is 0. The van der Waals surface area contributed by atoms with E-state index in [1.807, 2.05) is 24.3 Å². The first kappa shape index (κ1) is 21.0. The molecule has 0 bridgehead atoms. The average Bonchev–Trinajstić information content (AvgIpc) is 3.22. The van der Waals surface area contributed by atoms with E-state index in [4.69, 9.17) is 9.72 Å². The topological polar surface area (TPSA) is 59.4 Å². The van der Waals surface area contributed by atoms with Crippen LogP contribution in [0.3, 0.4) is 0 Å². The minimum atomic E-state index is -0.951. The highest BCUT2D eigenvalue weighted by molar-refractivity contribution is 7.17. The van der Waals surface area contributed by atoms with Crippen molar-refractivity contribution < 1.29 is 14.6 Å². The summed E-state index contributed by atoms with van der Waals surface area (Å²) < 4.78 is 7.60. The van der Waals surface area contributed by atoms with Crippen molar-refractivity contribution in [2.75, 3.05) is 0 Å². The molecule has 0 spiro atoms. The van der Waals surface area contributed by atoms with Gasteiger partial charge in [-0.15, -0.1) is 11.3 Å². The second-order valence-electron chi connectivity index (χ2n) is 8.82. The molecule has 1 aliphatic rings. The number of hydrogen-bond acceptors (Lipinski definition) is 4. The Hall–Kier alpha value is -2.92. The van der Waals surface area contributed by atoms with Gasteiger partial charge in [-0.05, 0) is 55.4 Å². The van der Waals surface area contributed by atoms with Gasteiger partial charge in [-0.3, -0.25) is 0 Å². The molecule has 164 valence electrons. The predicted molar refractivity (Wildman–Crippen MR) is 131 cm³/mol. The van der Waals surface area contributed by atoms with E-state index in [0.29, 0.717) is 22.7 Å². The van der Waals surface area contributed by atoms with E-state index < -0.39 is 5.97 Å². The SMILES string of the molecule is CCc1ccc(OC2CCCC(C)C2)c2c(C(=O)O)cc(-c3csc4ccccc34)nc12. The van der Waals surface area contributed by atoms with Gasteiger partial charge in [0.1, 0.15) is 5.75 Å². The van der Waals surface area contributed by atoms with E-state index >= 15 is 0 Å². The van der Waals surface area contributed by atoms with Crippen molar-refractivity contribution in [2.45, 2.75) is 52.1 Å². The average molecular weight is 446 g/mol. The molecule has 1 fully saturated rings. The van der Waals surface area contributed by atoms with Gasteiger partial charge in [-0.25, -0.2) is 9.78 Å². The Labute approximate surface area is 191 Å². The second kappa shape index (κ2) is 8.55. The van der Waals surface area contributed by atoms with Gasteiger partial charge in [0.15, 0.2) is 0 Å². The highest BCUT2D eigenvalue weighted by Gasteiger charge is 2.24. The number of ether oxygens (including phenoxy) is 1. The molecule has 2 aromatic carbocycles. The normalized spacial score (nSPS) is 18.8. The van der Waals surface area contributed by atoms with Crippen molar-refractivity contribution in [2.24, 2.45) is 5.92 Å². The maximum absolute atomic E-state index is 12.4. The summed E-state index contributed by atoms with van der Waals surface area (Å²) in [4.78, 5) is 17.4. The fraction of sp³-hybridized carbons (Fsp3) is 0.333. The van der Waals surface area contributed by atoms with Crippen molar-refractivity contribution in [1.82, 2.24) is 4.98 Å². The summed E-state index contributed by atoms with van der Waals surface area (Å²) in [5.41, 5.74) is 3.71. The summed E-state index contributed by atoms with van der Waals surface area (Å²) in [6.45, 7) is 4.34. The highest BCUT2D eigenvalue weighted by Crippen LogP contribution is 2.39. The largest absolute Gasteiger partial charge is 0.490 e. The van der Waals surface area contributed by atoms with Crippen molar-refractivity contribution in [3.63, 3.8) is 0 Å². The van der Waals surface area contributed by atoms with E-state index in [2.05, 4.69) is 31.4 Å². The van der Waals surface area contributed by atoms with Crippen LogP contribution in [0.1, 0.15) is 55.5 Å². The Morgan fingerprint density at radius 1 is 1.22 bits per heavy atom. The lowest BCUT2D eigenvalue weighted by atomic mass is 9.88. The van der Waals surface area contributed by atoms with Crippen molar-refractivity contribution in [3.05, 3.63) is 59.0 Å². The van der Waals surface area contributed by atoms with Crippen LogP contribution in [0.15, 0.2) is 47.8 Å². The number of nitrogens with zero attached hydrogens (tertiary/aromatic N) is 1. The van der Waals surface area contributed by atoms with Crippen LogP contribution in [-0.4, -0.2) is 22.2 Å². The Morgan fingerprint density at radius 2 is 2.06 bits per heavy atom. The zero-order chi connectivity index (χ0) is 22.2. The van der Waals surface area contributed by atoms with Gasteiger partial charge >= 0.3 is 5.97 Å². The van der Waals surface area contributed by atoms with E-state index in [9.17, 15) is 9.90 Å². The number of aryl methyl sites for hydroxylation is 1. The number of carbonyl (C=O) groups is 1. The first-order valence-corrected chi connectivity index (χ1v) is 12.3. The van der Waals surface area contributed by atoms with Crippen molar-refractivity contribution in [3.8, 4) is 17.0 Å². The third kappa shape index (κ3) is 3.75. The molecule has 2 aromatic heterocycles. The minimum Gasteiger partial charge on any atom is -0.490 e. The van der Waals surface area contributed by atoms with Gasteiger partial charge < -0.3 is 9.84 Å². The highest BCUT2D eigenvalue weighted by atomic mass is 32.1. The fourth-order valence-corrected chi connectivity index (χ4v) is 5.85. The van der Waals surface area contributed by atoms with E-state index in [0.717, 1.165) is 47.7 Å². The minimum absolute atomic E-state index is 0.122. The number of benzene rings is 2. The van der Waals surface area contributed by atoms with Gasteiger partial charge in [0, 0.05) is 21.0 Å². The first-order chi connectivity index (χ1) is 15.5. The van der Waals surface area contributed by atoms with Crippen molar-refractivity contribution >= 4 is 38.3 Å². The number of pyridine rings is 1. The smallest absolute Gasteiger partial charge is 0.336 e. The molecule has 5 rings (SSSR count). The molecular formula is C27H27NO3S. The van der Waals surface area contributed by atoms with Crippen LogP contribution in [0.2, 0.25) is 0 Å². The Bertz CT molecular complexity index is 1310. The molecule has 4 nitrogen and oxygen atoms in total. The molecule has 32 heavy (non-hydrogen) atoms. The quantitative estimate of drug-likeness (QED) is 0.349. The Morgan fingerprint density at radius 3 is 2.84 bits per heavy atom. The maximum atomic E-state index is 12.4. The molecule has 0 saturated heterocycles. The Balaban J connectivity index is 1.70. The number of carboxylic acids is 1. The zero-order valence-corrected chi connectivity index (χ0v) is 19.2. The lowest BCUT2D eigenvalue weighted by molar-refractivity contribution is 0.0698. The zero-order valence-electron chi connectivity index (χ0n) is 18.4. The monoisotopic (exact) mass is 445 g/mol. The summed E-state index contributed by atoms with van der Waals surface area (Å²) in [6.07, 6.45) is 5.29. The van der Waals surface area contributed by atoms with Gasteiger partial charge in [-0.2, -0.15) is 0 Å². The van der Waals surface area contributed by atoms with Crippen LogP contribution in [0.4, 0.5) is 0 Å². The lowest BCUT2D eigenvalue weighted by Crippen LogP contribution is -2.24. The molecule has 1 saturated carbocycles. The van der Waals surface area contributed by atoms with Crippen LogP contribution < -0.4 is 4.74 Å². The molecule has 5 heteroatoms. The van der Waals surface area contributed by atoms with Gasteiger partial charge in [0.05, 0.1) is 28.3 Å². The molecule has 2 heterocycles. The number of aromatic carboxylic acids is 1. The summed E-state index contributed by atoms with van der Waals surface area (Å²) in [5.74, 6) is 0.321. The number of thiophene rings is 1. The lowest BCUT2D eigenvalue weighted by Gasteiger charge is -2.28. The molecular weight excluding hydrogens is 418 g/mol. The third-order valence-electron chi connectivity index (χ3n) is 6.56. The summed E-state index contributed by atoms with van der Waals surface area (Å²) >= 11 is 1.65. The van der Waals surface area contributed by atoms with E-state index in [1.165, 1.54) is 11.1 Å². The van der Waals surface area contributed by atoms with Crippen molar-refractivity contribution in [1.29, 1.82) is 0 Å². The number of rotatable bonds is 5. The summed E-state index contributed by atoms with van der Waals surface area (Å²) in [5, 5.41) is 14.0. The van der Waals surface area contributed by atoms with Crippen LogP contribution >= 0.6 is 11.3 Å². The molecule has 0 radical (unpaired) electrons. The standard InChI is InChI=1S/C27H27NO3S/c1-3-17-11-12-23(31-18-8-6-7-16(2)13-18)25-20(27(29)30)14-22(28-26(17)25)21-15-32-24-10-5-4-9-19(21)24/h4-5,9-12,14-16,18H,3,6-8,13H2,1-2H3,(H,29,30). The van der Waals surface area contributed by atoms with E-state index in [1.54, 1.807) is 17.4 Å². The molecule has 0 amide bonds. The fourth-order valence-electron chi connectivity index (χ4n) is 4.90. The van der Waals surface area contributed by atoms with Crippen LogP contribution in [0.25, 0.3) is 32.2 Å². The van der Waals surface area contributed by atoms with Crippen LogP contribution in [0, 0.1) is 5.92 Å². The second-order valence-corrected chi connectivity index (χ2v) is 9.73. The van der Waals surface area contributed by atoms with Gasteiger partial charge in [-0.1, -0.05) is 44.5 Å². The molecule has 1 N–H and O–H groups in total. The number of aromatic nitrogens is 1. The van der Waals surface area contributed by atoms with Gasteiger partial charge in [0.2, 0.25) is 0 Å². The number of hydrogen-bond donors (Lipinski definition) is 1. The molecule has 0 aliphatic heterocycles. The molecule has 2 atom stereocenters. The first-order valence-electron chi connectivity index (χ1n) is 11.4. The Kier molecular flexibility index (Phi) is 5.60. The van der Waals surface area contributed by atoms with Crippen LogP contribution in [-0.2, 0) is 6.42 Å². The number of carboxylic acid groups (broad SMARTS) is 1. The third-order valence-corrected chi connectivity index (χ3v) is 7.52. The molecule has 1 aliphatic carbocycles. The number of fused-ring (bicyclic) bond motifs is 2. The van der Waals surface area contributed by atoms with Gasteiger partial charge in [0.25, 0.3) is 0 Å². The molecule has 2 unspecified atom stereocenters. The summed E-state index contributed by atoms with van der Waals surface area (Å²) in [6, 6.07) is 13.9. The maximum Gasteiger partial charge on any atom is 0.336 e. The van der Waals surface area contributed by atoms with E-state index in [-0.39, 0.29) is 11.7 Å². The predicted octanol–water partition coefficient (Wildman–Crippen LogP) is 7.33. The molecule has 4 aromatic rings.